The summed E-state index contributed by atoms with van der Waals surface area (Å²) in [6, 6.07) is 0.457. The van der Waals surface area contributed by atoms with Crippen LogP contribution in [0, 0.1) is 6.92 Å². The van der Waals surface area contributed by atoms with Crippen LogP contribution in [0.3, 0.4) is 0 Å². The van der Waals surface area contributed by atoms with Crippen molar-refractivity contribution in [3.63, 3.8) is 0 Å². The van der Waals surface area contributed by atoms with Crippen LogP contribution in [0.5, 0.6) is 0 Å². The number of nitrogens with zero attached hydrogens (tertiary/aromatic N) is 1. The zero-order valence-corrected chi connectivity index (χ0v) is 10.8. The molecule has 0 atom stereocenters. The van der Waals surface area contributed by atoms with Gasteiger partial charge in [0.15, 0.2) is 0 Å². The van der Waals surface area contributed by atoms with E-state index in [-0.39, 0.29) is 5.91 Å². The van der Waals surface area contributed by atoms with Crippen molar-refractivity contribution >= 4 is 28.3 Å². The van der Waals surface area contributed by atoms with E-state index < -0.39 is 0 Å². The van der Waals surface area contributed by atoms with Gasteiger partial charge in [0.05, 0.1) is 0 Å². The molecular weight excluding hydrogens is 236 g/mol. The quantitative estimate of drug-likeness (QED) is 0.672. The van der Waals surface area contributed by atoms with Gasteiger partial charge in [0, 0.05) is 24.6 Å². The molecular formula is C11H18N4OS. The summed E-state index contributed by atoms with van der Waals surface area (Å²) < 4.78 is 4.06. The molecule has 6 heteroatoms. The van der Waals surface area contributed by atoms with Crippen LogP contribution in [0.1, 0.15) is 31.2 Å². The van der Waals surface area contributed by atoms with Crippen LogP contribution in [0.25, 0.3) is 0 Å². The standard InChI is InChI=1S/C11H18N4OS/c1-7-10(12)15-17-11(7)13-6-2-3-9(16)14-8-4-5-8/h8,13H,2-6H2,1H3,(H2,12,15)(H,14,16). The number of carbonyl (C=O) groups excluding carboxylic acids is 1. The number of carbonyl (C=O) groups is 1. The minimum absolute atomic E-state index is 0.162. The molecule has 1 aliphatic carbocycles. The molecule has 1 saturated carbocycles. The zero-order chi connectivity index (χ0) is 12.3. The number of amides is 1. The van der Waals surface area contributed by atoms with Crippen molar-refractivity contribution in [2.75, 3.05) is 17.6 Å². The number of hydrogen-bond donors (Lipinski definition) is 3. The molecule has 0 aliphatic heterocycles. The number of aromatic nitrogens is 1. The smallest absolute Gasteiger partial charge is 0.220 e. The van der Waals surface area contributed by atoms with E-state index >= 15 is 0 Å². The molecule has 1 fully saturated rings. The van der Waals surface area contributed by atoms with Crippen molar-refractivity contribution in [3.8, 4) is 0 Å². The molecule has 17 heavy (non-hydrogen) atoms. The number of nitrogens with one attached hydrogen (secondary N) is 2. The second-order valence-corrected chi connectivity index (χ2v) is 5.17. The number of hydrogen-bond acceptors (Lipinski definition) is 5. The van der Waals surface area contributed by atoms with Gasteiger partial charge in [-0.25, -0.2) is 0 Å². The molecule has 1 aliphatic rings. The molecule has 4 N–H and O–H groups in total. The lowest BCUT2D eigenvalue weighted by molar-refractivity contribution is -0.121. The molecule has 0 spiro atoms. The van der Waals surface area contributed by atoms with Crippen LogP contribution in [0.15, 0.2) is 0 Å². The summed E-state index contributed by atoms with van der Waals surface area (Å²) in [6.07, 6.45) is 3.69. The van der Waals surface area contributed by atoms with E-state index in [4.69, 9.17) is 5.73 Å². The second kappa shape index (κ2) is 5.35. The minimum atomic E-state index is 0.162. The first-order valence-corrected chi connectivity index (χ1v) is 6.69. The Morgan fingerprint density at radius 1 is 1.59 bits per heavy atom. The van der Waals surface area contributed by atoms with E-state index in [0.29, 0.717) is 18.3 Å². The highest BCUT2D eigenvalue weighted by Crippen LogP contribution is 2.25. The van der Waals surface area contributed by atoms with Crippen LogP contribution in [0.2, 0.25) is 0 Å². The molecule has 1 aromatic rings. The van der Waals surface area contributed by atoms with Gasteiger partial charge in [-0.2, -0.15) is 4.37 Å². The summed E-state index contributed by atoms with van der Waals surface area (Å²) in [4.78, 5) is 11.4. The zero-order valence-electron chi connectivity index (χ0n) is 9.95. The van der Waals surface area contributed by atoms with E-state index in [1.807, 2.05) is 6.92 Å². The van der Waals surface area contributed by atoms with Crippen LogP contribution in [-0.4, -0.2) is 22.9 Å². The molecule has 0 saturated heterocycles. The van der Waals surface area contributed by atoms with Gasteiger partial charge in [0.25, 0.3) is 0 Å². The predicted molar refractivity (Wildman–Crippen MR) is 70.2 cm³/mol. The molecule has 1 aromatic heterocycles. The maximum absolute atomic E-state index is 11.4. The fraction of sp³-hybridized carbons (Fsp3) is 0.636. The summed E-state index contributed by atoms with van der Waals surface area (Å²) in [7, 11) is 0. The molecule has 0 radical (unpaired) electrons. The monoisotopic (exact) mass is 254 g/mol. The molecule has 2 rings (SSSR count). The van der Waals surface area contributed by atoms with Crippen molar-refractivity contribution < 1.29 is 4.79 Å². The van der Waals surface area contributed by atoms with Crippen LogP contribution >= 0.6 is 11.5 Å². The summed E-state index contributed by atoms with van der Waals surface area (Å²) in [5.74, 6) is 0.749. The average molecular weight is 254 g/mol. The lowest BCUT2D eigenvalue weighted by Gasteiger charge is -2.05. The average Bonchev–Trinajstić information content (AvgIpc) is 3.05. The number of rotatable bonds is 6. The third kappa shape index (κ3) is 3.59. The van der Waals surface area contributed by atoms with Crippen LogP contribution < -0.4 is 16.4 Å². The van der Waals surface area contributed by atoms with E-state index in [0.717, 1.165) is 36.4 Å². The SMILES string of the molecule is Cc1c(N)nsc1NCCCC(=O)NC1CC1. The summed E-state index contributed by atoms with van der Waals surface area (Å²) in [6.45, 7) is 2.72. The van der Waals surface area contributed by atoms with Gasteiger partial charge in [0.2, 0.25) is 5.91 Å². The molecule has 94 valence electrons. The Kier molecular flexibility index (Phi) is 3.83. The van der Waals surface area contributed by atoms with Crippen LogP contribution in [0.4, 0.5) is 10.8 Å². The van der Waals surface area contributed by atoms with E-state index in [9.17, 15) is 4.79 Å². The Balaban J connectivity index is 1.62. The van der Waals surface area contributed by atoms with Gasteiger partial charge in [-0.15, -0.1) is 0 Å². The topological polar surface area (TPSA) is 80.0 Å². The summed E-state index contributed by atoms with van der Waals surface area (Å²) in [5.41, 5.74) is 6.65. The fourth-order valence-electron chi connectivity index (χ4n) is 1.49. The number of anilines is 2. The molecule has 0 bridgehead atoms. The first-order valence-electron chi connectivity index (χ1n) is 5.92. The Labute approximate surface area is 105 Å². The van der Waals surface area contributed by atoms with Crippen molar-refractivity contribution in [2.24, 2.45) is 0 Å². The molecule has 0 unspecified atom stereocenters. The predicted octanol–water partition coefficient (Wildman–Crippen LogP) is 1.50. The molecule has 5 nitrogen and oxygen atoms in total. The third-order valence-corrected chi connectivity index (χ3v) is 3.69. The lowest BCUT2D eigenvalue weighted by atomic mass is 10.3. The van der Waals surface area contributed by atoms with Crippen molar-refractivity contribution in [1.82, 2.24) is 9.69 Å². The molecule has 1 amide bonds. The van der Waals surface area contributed by atoms with Crippen molar-refractivity contribution in [1.29, 1.82) is 0 Å². The maximum Gasteiger partial charge on any atom is 0.220 e. The summed E-state index contributed by atoms with van der Waals surface area (Å²) >= 11 is 1.37. The van der Waals surface area contributed by atoms with E-state index in [2.05, 4.69) is 15.0 Å². The van der Waals surface area contributed by atoms with E-state index in [1.54, 1.807) is 0 Å². The van der Waals surface area contributed by atoms with Gasteiger partial charge >= 0.3 is 0 Å². The van der Waals surface area contributed by atoms with Crippen molar-refractivity contribution in [2.45, 2.75) is 38.6 Å². The minimum Gasteiger partial charge on any atom is -0.383 e. The maximum atomic E-state index is 11.4. The molecule has 1 heterocycles. The highest BCUT2D eigenvalue weighted by Gasteiger charge is 2.22. The van der Waals surface area contributed by atoms with Gasteiger partial charge in [-0.05, 0) is 37.7 Å². The Hall–Kier alpha value is -1.30. The summed E-state index contributed by atoms with van der Waals surface area (Å²) in [5, 5.41) is 7.23. The fourth-order valence-corrected chi connectivity index (χ4v) is 2.23. The Morgan fingerprint density at radius 3 is 2.94 bits per heavy atom. The van der Waals surface area contributed by atoms with Gasteiger partial charge in [-0.3, -0.25) is 4.79 Å². The van der Waals surface area contributed by atoms with Gasteiger partial charge in [0.1, 0.15) is 10.8 Å². The number of nitrogen functional groups attached to an aromatic ring is 1. The third-order valence-electron chi connectivity index (χ3n) is 2.77. The Morgan fingerprint density at radius 2 is 2.35 bits per heavy atom. The van der Waals surface area contributed by atoms with Crippen molar-refractivity contribution in [3.05, 3.63) is 5.56 Å². The molecule has 0 aromatic carbocycles. The largest absolute Gasteiger partial charge is 0.383 e. The highest BCUT2D eigenvalue weighted by atomic mass is 32.1. The van der Waals surface area contributed by atoms with Crippen LogP contribution in [-0.2, 0) is 4.79 Å². The Bertz CT molecular complexity index is 400. The lowest BCUT2D eigenvalue weighted by Crippen LogP contribution is -2.25. The first-order chi connectivity index (χ1) is 8.16. The van der Waals surface area contributed by atoms with Gasteiger partial charge in [-0.1, -0.05) is 0 Å². The van der Waals surface area contributed by atoms with E-state index in [1.165, 1.54) is 11.5 Å². The normalized spacial score (nSPS) is 14.6. The first kappa shape index (κ1) is 12.2. The van der Waals surface area contributed by atoms with Gasteiger partial charge < -0.3 is 16.4 Å². The number of nitrogens with two attached hydrogens (primary N) is 1. The second-order valence-electron chi connectivity index (χ2n) is 4.39. The highest BCUT2D eigenvalue weighted by molar-refractivity contribution is 7.10.